The van der Waals surface area contributed by atoms with Gasteiger partial charge in [-0.05, 0) is 4.53 Å². The van der Waals surface area contributed by atoms with Crippen LogP contribution in [0.5, 0.6) is 0 Å². The lowest BCUT2D eigenvalue weighted by Gasteiger charge is -2.36. The highest BCUT2D eigenvalue weighted by atomic mass is 19.4. The van der Waals surface area contributed by atoms with Crippen LogP contribution in [-0.4, -0.2) is 36.5 Å². The van der Waals surface area contributed by atoms with Crippen LogP contribution in [0.4, 0.5) is 52.8 Å². The Balaban J connectivity index is 5.76. The average Bonchev–Trinajstić information content (AvgIpc) is 2.26. The largest absolute Gasteiger partial charge is 0.384 e. The first-order valence-corrected chi connectivity index (χ1v) is 3.88. The zero-order valence-electron chi connectivity index (χ0n) is 8.10. The highest BCUT2D eigenvalue weighted by Crippen LogP contribution is 2.55. The zero-order chi connectivity index (χ0) is 15.9. The second-order valence-corrected chi connectivity index (χ2v) is 3.10. The quantitative estimate of drug-likeness (QED) is 0.673. The van der Waals surface area contributed by atoms with Gasteiger partial charge >= 0.3 is 36.5 Å². The van der Waals surface area contributed by atoms with Crippen LogP contribution in [-0.2, 0) is 4.94 Å². The molecule has 19 heavy (non-hydrogen) atoms. The Hall–Kier alpha value is -0.880. The van der Waals surface area contributed by atoms with Crippen molar-refractivity contribution in [2.75, 3.05) is 0 Å². The third-order valence-corrected chi connectivity index (χ3v) is 1.87. The van der Waals surface area contributed by atoms with Gasteiger partial charge in [-0.25, -0.2) is 13.2 Å². The zero-order valence-corrected chi connectivity index (χ0v) is 8.10. The van der Waals surface area contributed by atoms with Gasteiger partial charge < -0.3 is 0 Å². The molecule has 1 unspecified atom stereocenters. The van der Waals surface area contributed by atoms with Gasteiger partial charge in [0.1, 0.15) is 0 Å². The summed E-state index contributed by atoms with van der Waals surface area (Å²) in [7, 11) is 0. The Bertz CT molecular complexity index is 311. The van der Waals surface area contributed by atoms with Crippen molar-refractivity contribution in [2.24, 2.45) is 0 Å². The van der Waals surface area contributed by atoms with E-state index < -0.39 is 36.5 Å². The highest BCUT2D eigenvalue weighted by molar-refractivity contribution is 5.05. The Morgan fingerprint density at radius 1 is 0.632 bits per heavy atom. The fourth-order valence-electron chi connectivity index (χ4n) is 0.754. The molecule has 0 aliphatic heterocycles. The predicted octanol–water partition coefficient (Wildman–Crippen LogP) is 3.99. The van der Waals surface area contributed by atoms with E-state index in [1.807, 2.05) is 0 Å². The molecule has 0 aliphatic carbocycles. The summed E-state index contributed by atoms with van der Waals surface area (Å²) in [4.78, 5) is 1.51. The molecule has 0 spiro atoms. The minimum Gasteiger partial charge on any atom is -0.205 e. The maximum Gasteiger partial charge on any atom is 0.384 e. The Labute approximate surface area is 95.6 Å². The van der Waals surface area contributed by atoms with Gasteiger partial charge in [0.2, 0.25) is 0 Å². The lowest BCUT2D eigenvalue weighted by Crippen LogP contribution is -2.66. The summed E-state index contributed by atoms with van der Waals surface area (Å²) in [5.74, 6) is -28.5. The van der Waals surface area contributed by atoms with Crippen LogP contribution in [0.2, 0.25) is 0 Å². The molecule has 0 bridgehead atoms. The van der Waals surface area contributed by atoms with Crippen molar-refractivity contribution in [2.45, 2.75) is 36.5 Å². The van der Waals surface area contributed by atoms with E-state index in [1.165, 1.54) is 4.94 Å². The van der Waals surface area contributed by atoms with E-state index >= 15 is 0 Å². The van der Waals surface area contributed by atoms with Crippen molar-refractivity contribution in [3.63, 3.8) is 0 Å². The van der Waals surface area contributed by atoms with Gasteiger partial charge in [0.25, 0.3) is 0 Å². The number of hydrogen-bond acceptors (Lipinski definition) is 1. The first-order chi connectivity index (χ1) is 8.17. The third kappa shape index (κ3) is 2.43. The highest BCUT2D eigenvalue weighted by Gasteiger charge is 2.85. The first-order valence-electron chi connectivity index (χ1n) is 3.88. The summed E-state index contributed by atoms with van der Waals surface area (Å²) in [6.07, 6.45) is -10.5. The molecule has 13 heteroatoms. The summed E-state index contributed by atoms with van der Waals surface area (Å²) >= 11 is 0. The molecule has 0 aliphatic rings. The molecule has 0 aromatic carbocycles. The molecule has 0 rings (SSSR count). The van der Waals surface area contributed by atoms with Crippen LogP contribution < -0.4 is 0 Å². The lowest BCUT2D eigenvalue weighted by atomic mass is 9.99. The molecular formula is C6H2F12O. The summed E-state index contributed by atoms with van der Waals surface area (Å²) in [5, 5.41) is 0. The van der Waals surface area contributed by atoms with Gasteiger partial charge in [-0.3, -0.25) is 0 Å². The lowest BCUT2D eigenvalue weighted by molar-refractivity contribution is -0.420. The van der Waals surface area contributed by atoms with Crippen LogP contribution >= 0.6 is 0 Å². The van der Waals surface area contributed by atoms with Crippen LogP contribution in [0.15, 0.2) is 0 Å². The molecule has 0 aromatic heterocycles. The van der Waals surface area contributed by atoms with Crippen molar-refractivity contribution < 1.29 is 57.8 Å². The smallest absolute Gasteiger partial charge is 0.205 e. The molecule has 0 amide bonds. The van der Waals surface area contributed by atoms with Gasteiger partial charge in [-0.1, -0.05) is 0 Å². The van der Waals surface area contributed by atoms with Crippen molar-refractivity contribution >= 4 is 0 Å². The van der Waals surface area contributed by atoms with Crippen molar-refractivity contribution in [1.82, 2.24) is 0 Å². The maximum absolute atomic E-state index is 12.5. The molecule has 0 radical (unpaired) electrons. The summed E-state index contributed by atoms with van der Waals surface area (Å²) in [6, 6.07) is 0. The van der Waals surface area contributed by atoms with Gasteiger partial charge in [0.15, 0.2) is 0 Å². The molecule has 0 heterocycles. The summed E-state index contributed by atoms with van der Waals surface area (Å²) in [6.45, 7) is 0. The molecule has 0 aromatic rings. The monoisotopic (exact) mass is 318 g/mol. The van der Waals surface area contributed by atoms with E-state index in [0.29, 0.717) is 0 Å². The first kappa shape index (κ1) is 18.1. The minimum atomic E-state index is -7.37. The predicted molar refractivity (Wildman–Crippen MR) is 32.9 cm³/mol. The van der Waals surface area contributed by atoms with Gasteiger partial charge in [-0.15, -0.1) is 4.94 Å². The van der Waals surface area contributed by atoms with E-state index in [2.05, 4.69) is 0 Å². The fourth-order valence-corrected chi connectivity index (χ4v) is 0.754. The van der Waals surface area contributed by atoms with Crippen LogP contribution in [0.1, 0.15) is 0 Å². The minimum absolute atomic E-state index is 1.51. The molecule has 0 fully saturated rings. The normalized spacial score (nSPS) is 16.9. The van der Waals surface area contributed by atoms with Crippen molar-refractivity contribution in [3.8, 4) is 0 Å². The van der Waals surface area contributed by atoms with E-state index in [0.717, 1.165) is 0 Å². The Morgan fingerprint density at radius 3 is 1.21 bits per heavy atom. The fraction of sp³-hybridized carbons (Fsp3) is 1.00. The average molecular weight is 318 g/mol. The summed E-state index contributed by atoms with van der Waals surface area (Å²) < 4.78 is 145. The Morgan fingerprint density at radius 2 is 0.947 bits per heavy atom. The van der Waals surface area contributed by atoms with E-state index in [9.17, 15) is 52.8 Å². The molecule has 0 saturated heterocycles. The second kappa shape index (κ2) is 4.90. The molecule has 1 nitrogen and oxygen atoms in total. The van der Waals surface area contributed by atoms with Crippen molar-refractivity contribution in [3.05, 3.63) is 0 Å². The number of hydrogen-bond donors (Lipinski definition) is 0. The topological polar surface area (TPSA) is 9.23 Å². The van der Waals surface area contributed by atoms with Crippen LogP contribution in [0.25, 0.3) is 0 Å². The van der Waals surface area contributed by atoms with Crippen LogP contribution in [0.3, 0.4) is 0 Å². The standard InChI is InChI=1S/C6H2F12O/c7-1(8)3(10,11)5(14,15)6(16,17)4(12,13)2(9)19-18/h1-2H. The van der Waals surface area contributed by atoms with Gasteiger partial charge in [0, 0.05) is 0 Å². The molecular weight excluding hydrogens is 316 g/mol. The van der Waals surface area contributed by atoms with Crippen molar-refractivity contribution in [1.29, 1.82) is 0 Å². The van der Waals surface area contributed by atoms with Gasteiger partial charge in [0.05, 0.1) is 0 Å². The summed E-state index contributed by atoms with van der Waals surface area (Å²) in [5.41, 5.74) is 0. The third-order valence-electron chi connectivity index (χ3n) is 1.87. The van der Waals surface area contributed by atoms with E-state index in [1.54, 1.807) is 0 Å². The van der Waals surface area contributed by atoms with E-state index in [4.69, 9.17) is 0 Å². The van der Waals surface area contributed by atoms with E-state index in [-0.39, 0.29) is 0 Å². The maximum atomic E-state index is 12.5. The Kier molecular flexibility index (Phi) is 4.68. The number of rotatable bonds is 6. The molecule has 0 N–H and O–H groups in total. The molecule has 1 atom stereocenters. The number of alkyl halides is 11. The second-order valence-electron chi connectivity index (χ2n) is 3.10. The van der Waals surface area contributed by atoms with Crippen LogP contribution in [0, 0.1) is 0 Å². The van der Waals surface area contributed by atoms with Gasteiger partial charge in [-0.2, -0.15) is 35.1 Å². The number of halogens is 12. The molecule has 116 valence electrons. The molecule has 0 saturated carbocycles. The SMILES string of the molecule is FOC(F)C(F)(F)C(F)(F)C(F)(F)C(F)(F)C(F)F.